The zero-order valence-corrected chi connectivity index (χ0v) is 10.8. The van der Waals surface area contributed by atoms with Gasteiger partial charge in [-0.1, -0.05) is 11.6 Å². The first kappa shape index (κ1) is 12.5. The van der Waals surface area contributed by atoms with Crippen molar-refractivity contribution in [1.82, 2.24) is 9.88 Å². The van der Waals surface area contributed by atoms with Crippen LogP contribution in [0.1, 0.15) is 37.2 Å². The van der Waals surface area contributed by atoms with E-state index >= 15 is 0 Å². The van der Waals surface area contributed by atoms with E-state index in [2.05, 4.69) is 4.98 Å². The van der Waals surface area contributed by atoms with Crippen LogP contribution in [0.15, 0.2) is 12.3 Å². The molecule has 1 atom stereocenters. The molecule has 1 aromatic rings. The number of halogens is 1. The number of aliphatic hydroxyl groups is 1. The van der Waals surface area contributed by atoms with Crippen LogP contribution in [-0.2, 0) is 0 Å². The number of aromatic amines is 1. The summed E-state index contributed by atoms with van der Waals surface area (Å²) in [7, 11) is 0. The molecule has 1 saturated heterocycles. The van der Waals surface area contributed by atoms with Gasteiger partial charge < -0.3 is 15.0 Å². The maximum Gasteiger partial charge on any atom is 0.270 e. The summed E-state index contributed by atoms with van der Waals surface area (Å²) in [5.41, 5.74) is -0.395. The Bertz CT molecular complexity index is 422. The Labute approximate surface area is 106 Å². The molecule has 1 amide bonds. The summed E-state index contributed by atoms with van der Waals surface area (Å²) >= 11 is 5.79. The lowest BCUT2D eigenvalue weighted by molar-refractivity contribution is 0.000146. The zero-order valence-electron chi connectivity index (χ0n) is 10.0. The second kappa shape index (κ2) is 4.35. The Hall–Kier alpha value is -1.00. The molecule has 2 heterocycles. The highest BCUT2D eigenvalue weighted by Gasteiger charge is 2.38. The number of carbonyl (C=O) groups excluding carboxylic acids is 1. The predicted molar refractivity (Wildman–Crippen MR) is 66.2 cm³/mol. The molecule has 1 aliphatic rings. The Morgan fingerprint density at radius 2 is 2.35 bits per heavy atom. The first-order valence-electron chi connectivity index (χ1n) is 5.77. The van der Waals surface area contributed by atoms with Crippen molar-refractivity contribution >= 4 is 17.5 Å². The first-order valence-corrected chi connectivity index (χ1v) is 6.14. The van der Waals surface area contributed by atoms with E-state index in [0.717, 1.165) is 12.8 Å². The van der Waals surface area contributed by atoms with E-state index in [0.29, 0.717) is 17.3 Å². The molecule has 1 aliphatic heterocycles. The number of likely N-dealkylation sites (tertiary alicyclic amines) is 1. The van der Waals surface area contributed by atoms with Gasteiger partial charge in [0.15, 0.2) is 0 Å². The van der Waals surface area contributed by atoms with Crippen molar-refractivity contribution in [2.75, 3.05) is 6.54 Å². The van der Waals surface area contributed by atoms with Gasteiger partial charge in [0.1, 0.15) is 5.69 Å². The highest BCUT2D eigenvalue weighted by atomic mass is 35.5. The lowest BCUT2D eigenvalue weighted by Gasteiger charge is -2.33. The largest absolute Gasteiger partial charge is 0.388 e. The Morgan fingerprint density at radius 3 is 2.88 bits per heavy atom. The number of hydrogen-bond acceptors (Lipinski definition) is 2. The van der Waals surface area contributed by atoms with Crippen LogP contribution in [-0.4, -0.2) is 39.1 Å². The summed E-state index contributed by atoms with van der Waals surface area (Å²) in [6.45, 7) is 4.17. The molecular weight excluding hydrogens is 240 g/mol. The lowest BCUT2D eigenvalue weighted by atomic mass is 9.96. The van der Waals surface area contributed by atoms with Crippen molar-refractivity contribution in [2.24, 2.45) is 0 Å². The summed E-state index contributed by atoms with van der Waals surface area (Å²) in [6, 6.07) is 1.49. The molecule has 0 aromatic carbocycles. The summed E-state index contributed by atoms with van der Waals surface area (Å²) in [5.74, 6) is -0.0958. The fraction of sp³-hybridized carbons (Fsp3) is 0.583. The van der Waals surface area contributed by atoms with Crippen molar-refractivity contribution in [3.8, 4) is 0 Å². The summed E-state index contributed by atoms with van der Waals surface area (Å²) in [4.78, 5) is 16.8. The molecule has 5 heteroatoms. The van der Waals surface area contributed by atoms with Crippen molar-refractivity contribution < 1.29 is 9.90 Å². The zero-order chi connectivity index (χ0) is 12.6. The van der Waals surface area contributed by atoms with Gasteiger partial charge in [0, 0.05) is 12.7 Å². The molecule has 0 saturated carbocycles. The number of amides is 1. The smallest absolute Gasteiger partial charge is 0.270 e. The van der Waals surface area contributed by atoms with Crippen LogP contribution in [0.3, 0.4) is 0 Å². The number of rotatable bonds is 2. The fourth-order valence-corrected chi connectivity index (χ4v) is 2.55. The monoisotopic (exact) mass is 256 g/mol. The predicted octanol–water partition coefficient (Wildman–Crippen LogP) is 2.04. The molecule has 1 aromatic heterocycles. The van der Waals surface area contributed by atoms with Gasteiger partial charge in [-0.15, -0.1) is 0 Å². The van der Waals surface area contributed by atoms with Crippen LogP contribution >= 0.6 is 11.6 Å². The molecule has 94 valence electrons. The number of H-pyrrole nitrogens is 1. The molecular formula is C12H17ClN2O2. The van der Waals surface area contributed by atoms with Gasteiger partial charge in [0.2, 0.25) is 0 Å². The van der Waals surface area contributed by atoms with E-state index in [4.69, 9.17) is 11.6 Å². The van der Waals surface area contributed by atoms with Gasteiger partial charge >= 0.3 is 0 Å². The third-order valence-corrected chi connectivity index (χ3v) is 3.43. The molecule has 2 rings (SSSR count). The minimum atomic E-state index is -0.872. The normalized spacial score (nSPS) is 20.9. The second-order valence-corrected chi connectivity index (χ2v) is 5.48. The van der Waals surface area contributed by atoms with Crippen molar-refractivity contribution in [3.63, 3.8) is 0 Å². The van der Waals surface area contributed by atoms with Crippen LogP contribution in [0.4, 0.5) is 0 Å². The second-order valence-electron chi connectivity index (χ2n) is 5.04. The van der Waals surface area contributed by atoms with Gasteiger partial charge in [-0.3, -0.25) is 4.79 Å². The number of hydrogen-bond donors (Lipinski definition) is 2. The maximum absolute atomic E-state index is 12.2. The number of nitrogens with zero attached hydrogens (tertiary/aromatic N) is 1. The lowest BCUT2D eigenvalue weighted by Crippen LogP contribution is -2.48. The Balaban J connectivity index is 2.19. The highest BCUT2D eigenvalue weighted by molar-refractivity contribution is 6.30. The Kier molecular flexibility index (Phi) is 3.19. The molecule has 0 spiro atoms. The van der Waals surface area contributed by atoms with Crippen molar-refractivity contribution in [1.29, 1.82) is 0 Å². The standard InChI is InChI=1S/C12H17ClN2O2/c1-12(2,17)10-4-3-5-15(10)11(16)9-6-8(13)7-14-9/h6-7,10,14,17H,3-5H2,1-2H3. The van der Waals surface area contributed by atoms with E-state index < -0.39 is 5.60 Å². The average Bonchev–Trinajstić information content (AvgIpc) is 2.83. The van der Waals surface area contributed by atoms with Crippen LogP contribution in [0, 0.1) is 0 Å². The fourth-order valence-electron chi connectivity index (χ4n) is 2.39. The van der Waals surface area contributed by atoms with E-state index in [9.17, 15) is 9.90 Å². The van der Waals surface area contributed by atoms with Gasteiger partial charge in [-0.2, -0.15) is 0 Å². The third kappa shape index (κ3) is 2.48. The molecule has 0 bridgehead atoms. The highest BCUT2D eigenvalue weighted by Crippen LogP contribution is 2.28. The first-order chi connectivity index (χ1) is 7.89. The van der Waals surface area contributed by atoms with Crippen LogP contribution in [0.2, 0.25) is 5.02 Å². The number of aromatic nitrogens is 1. The minimum absolute atomic E-state index is 0.0958. The van der Waals surface area contributed by atoms with Crippen LogP contribution in [0.5, 0.6) is 0 Å². The van der Waals surface area contributed by atoms with E-state index in [1.165, 1.54) is 0 Å². The van der Waals surface area contributed by atoms with Gasteiger partial charge in [0.05, 0.1) is 16.7 Å². The summed E-state index contributed by atoms with van der Waals surface area (Å²) < 4.78 is 0. The molecule has 0 aliphatic carbocycles. The molecule has 1 fully saturated rings. The van der Waals surface area contributed by atoms with Crippen molar-refractivity contribution in [2.45, 2.75) is 38.3 Å². The molecule has 4 nitrogen and oxygen atoms in total. The average molecular weight is 257 g/mol. The van der Waals surface area contributed by atoms with E-state index in [1.54, 1.807) is 31.0 Å². The summed E-state index contributed by atoms with van der Waals surface area (Å²) in [6.07, 6.45) is 3.35. The Morgan fingerprint density at radius 1 is 1.65 bits per heavy atom. The quantitative estimate of drug-likeness (QED) is 0.851. The third-order valence-electron chi connectivity index (χ3n) is 3.21. The van der Waals surface area contributed by atoms with E-state index in [-0.39, 0.29) is 11.9 Å². The number of nitrogens with one attached hydrogen (secondary N) is 1. The van der Waals surface area contributed by atoms with Crippen LogP contribution < -0.4 is 0 Å². The number of carbonyl (C=O) groups is 1. The van der Waals surface area contributed by atoms with Gasteiger partial charge in [-0.25, -0.2) is 0 Å². The minimum Gasteiger partial charge on any atom is -0.388 e. The molecule has 1 unspecified atom stereocenters. The summed E-state index contributed by atoms with van der Waals surface area (Å²) in [5, 5.41) is 10.6. The molecule has 2 N–H and O–H groups in total. The topological polar surface area (TPSA) is 56.3 Å². The van der Waals surface area contributed by atoms with Crippen LogP contribution in [0.25, 0.3) is 0 Å². The van der Waals surface area contributed by atoms with Gasteiger partial charge in [-0.05, 0) is 32.8 Å². The maximum atomic E-state index is 12.2. The van der Waals surface area contributed by atoms with Crippen molar-refractivity contribution in [3.05, 3.63) is 23.0 Å². The van der Waals surface area contributed by atoms with Gasteiger partial charge in [0.25, 0.3) is 5.91 Å². The SMILES string of the molecule is CC(C)(O)C1CCCN1C(=O)c1cc(Cl)c[nH]1. The molecule has 17 heavy (non-hydrogen) atoms. The molecule has 0 radical (unpaired) electrons. The van der Waals surface area contributed by atoms with E-state index in [1.807, 2.05) is 0 Å².